The average Bonchev–Trinajstić information content (AvgIpc) is 2.94. The maximum atomic E-state index is 11.2. The number of carboxylic acids is 1. The second-order valence-corrected chi connectivity index (χ2v) is 5.27. The molecule has 4 nitrogen and oxygen atoms in total. The summed E-state index contributed by atoms with van der Waals surface area (Å²) in [6.45, 7) is 4.75. The Balaban J connectivity index is 1.84. The van der Waals surface area contributed by atoms with Gasteiger partial charge in [-0.15, -0.1) is 0 Å². The van der Waals surface area contributed by atoms with E-state index < -0.39 is 5.97 Å². The summed E-state index contributed by atoms with van der Waals surface area (Å²) in [4.78, 5) is 13.5. The number of ether oxygens (including phenoxy) is 1. The van der Waals surface area contributed by atoms with Gasteiger partial charge in [0.15, 0.2) is 0 Å². The van der Waals surface area contributed by atoms with Crippen LogP contribution in [0.2, 0.25) is 0 Å². The number of benzene rings is 1. The number of hydrogen-bond acceptors (Lipinski definition) is 3. The quantitative estimate of drug-likeness (QED) is 0.828. The van der Waals surface area contributed by atoms with Gasteiger partial charge in [0.25, 0.3) is 0 Å². The van der Waals surface area contributed by atoms with Crippen molar-refractivity contribution >= 4 is 5.97 Å². The molecule has 2 rings (SSSR count). The van der Waals surface area contributed by atoms with Gasteiger partial charge in [-0.2, -0.15) is 0 Å². The number of hydrogen-bond donors (Lipinski definition) is 1. The van der Waals surface area contributed by atoms with Crippen molar-refractivity contribution in [2.75, 3.05) is 26.3 Å². The molecule has 0 spiro atoms. The largest absolute Gasteiger partial charge is 0.481 e. The third-order valence-corrected chi connectivity index (χ3v) is 4.00. The topological polar surface area (TPSA) is 49.8 Å². The summed E-state index contributed by atoms with van der Waals surface area (Å²) in [7, 11) is 0. The Morgan fingerprint density at radius 3 is 2.75 bits per heavy atom. The van der Waals surface area contributed by atoms with E-state index in [-0.39, 0.29) is 12.0 Å². The molecular formula is C16H23NO3. The normalized spacial score (nSPS) is 22.3. The third-order valence-electron chi connectivity index (χ3n) is 4.00. The lowest BCUT2D eigenvalue weighted by Gasteiger charge is -2.29. The number of carboxylic acid groups (broad SMARTS) is 1. The second-order valence-electron chi connectivity index (χ2n) is 5.27. The minimum Gasteiger partial charge on any atom is -0.481 e. The summed E-state index contributed by atoms with van der Waals surface area (Å²) >= 11 is 0. The molecule has 2 atom stereocenters. The number of nitrogens with zero attached hydrogens (tertiary/aromatic N) is 1. The highest BCUT2D eigenvalue weighted by Crippen LogP contribution is 2.20. The highest BCUT2D eigenvalue weighted by Gasteiger charge is 2.37. The molecule has 1 aromatic carbocycles. The summed E-state index contributed by atoms with van der Waals surface area (Å²) in [5.41, 5.74) is 1.33. The molecule has 2 unspecified atom stereocenters. The number of aryl methyl sites for hydroxylation is 1. The minimum absolute atomic E-state index is 0.0215. The molecule has 1 aliphatic heterocycles. The zero-order valence-electron chi connectivity index (χ0n) is 12.0. The Kier molecular flexibility index (Phi) is 5.56. The third kappa shape index (κ3) is 3.81. The predicted molar refractivity (Wildman–Crippen MR) is 77.7 cm³/mol. The fourth-order valence-electron chi connectivity index (χ4n) is 2.83. The molecule has 0 aromatic heterocycles. The zero-order chi connectivity index (χ0) is 14.4. The molecule has 0 amide bonds. The molecule has 4 heteroatoms. The van der Waals surface area contributed by atoms with Crippen molar-refractivity contribution in [3.8, 4) is 0 Å². The van der Waals surface area contributed by atoms with Crippen molar-refractivity contribution in [2.24, 2.45) is 5.92 Å². The van der Waals surface area contributed by atoms with Gasteiger partial charge in [-0.05, 0) is 31.5 Å². The van der Waals surface area contributed by atoms with E-state index >= 15 is 0 Å². The molecule has 0 aliphatic carbocycles. The molecule has 20 heavy (non-hydrogen) atoms. The van der Waals surface area contributed by atoms with E-state index in [9.17, 15) is 9.90 Å². The van der Waals surface area contributed by atoms with Gasteiger partial charge in [0.2, 0.25) is 0 Å². The SMILES string of the molecule is CCN(CCCc1ccccc1)C1COCC1C(=O)O. The van der Waals surface area contributed by atoms with Crippen LogP contribution in [0.4, 0.5) is 0 Å². The number of aliphatic carboxylic acids is 1. The lowest BCUT2D eigenvalue weighted by atomic mass is 10.0. The molecule has 1 saturated heterocycles. The fraction of sp³-hybridized carbons (Fsp3) is 0.562. The summed E-state index contributed by atoms with van der Waals surface area (Å²) in [6, 6.07) is 10.4. The molecule has 1 aromatic rings. The standard InChI is InChI=1S/C16H23NO3/c1-2-17(15-12-20-11-14(15)16(18)19)10-6-9-13-7-4-3-5-8-13/h3-5,7-8,14-15H,2,6,9-12H2,1H3,(H,18,19). The Morgan fingerprint density at radius 1 is 1.35 bits per heavy atom. The van der Waals surface area contributed by atoms with Crippen molar-refractivity contribution < 1.29 is 14.6 Å². The van der Waals surface area contributed by atoms with Crippen LogP contribution in [-0.4, -0.2) is 48.3 Å². The highest BCUT2D eigenvalue weighted by molar-refractivity contribution is 5.71. The van der Waals surface area contributed by atoms with Crippen LogP contribution in [0.1, 0.15) is 18.9 Å². The van der Waals surface area contributed by atoms with Crippen LogP contribution < -0.4 is 0 Å². The van der Waals surface area contributed by atoms with Crippen molar-refractivity contribution in [3.63, 3.8) is 0 Å². The van der Waals surface area contributed by atoms with Gasteiger partial charge >= 0.3 is 5.97 Å². The van der Waals surface area contributed by atoms with E-state index in [2.05, 4.69) is 36.1 Å². The van der Waals surface area contributed by atoms with Gasteiger partial charge in [0.1, 0.15) is 0 Å². The molecule has 1 fully saturated rings. The van der Waals surface area contributed by atoms with Gasteiger partial charge in [0.05, 0.1) is 19.1 Å². The van der Waals surface area contributed by atoms with Crippen molar-refractivity contribution in [1.29, 1.82) is 0 Å². The van der Waals surface area contributed by atoms with Crippen LogP contribution in [0.25, 0.3) is 0 Å². The Hall–Kier alpha value is -1.39. The Labute approximate surface area is 120 Å². The summed E-state index contributed by atoms with van der Waals surface area (Å²) in [6.07, 6.45) is 2.07. The van der Waals surface area contributed by atoms with Crippen LogP contribution in [0.15, 0.2) is 30.3 Å². The van der Waals surface area contributed by atoms with Gasteiger partial charge in [0, 0.05) is 6.04 Å². The first-order valence-corrected chi connectivity index (χ1v) is 7.31. The molecule has 110 valence electrons. The first-order valence-electron chi connectivity index (χ1n) is 7.31. The summed E-state index contributed by atoms with van der Waals surface area (Å²) < 4.78 is 5.36. The number of carbonyl (C=O) groups is 1. The molecule has 1 N–H and O–H groups in total. The summed E-state index contributed by atoms with van der Waals surface area (Å²) in [5.74, 6) is -1.12. The predicted octanol–water partition coefficient (Wildman–Crippen LogP) is 2.04. The fourth-order valence-corrected chi connectivity index (χ4v) is 2.83. The zero-order valence-corrected chi connectivity index (χ0v) is 12.0. The maximum Gasteiger partial charge on any atom is 0.310 e. The van der Waals surface area contributed by atoms with E-state index in [0.717, 1.165) is 25.9 Å². The van der Waals surface area contributed by atoms with Crippen molar-refractivity contribution in [2.45, 2.75) is 25.8 Å². The van der Waals surface area contributed by atoms with E-state index in [4.69, 9.17) is 4.74 Å². The maximum absolute atomic E-state index is 11.2. The molecular weight excluding hydrogens is 254 g/mol. The molecule has 0 radical (unpaired) electrons. The molecule has 0 saturated carbocycles. The van der Waals surface area contributed by atoms with Gasteiger partial charge in [-0.25, -0.2) is 0 Å². The second kappa shape index (κ2) is 7.41. The lowest BCUT2D eigenvalue weighted by Crippen LogP contribution is -2.43. The highest BCUT2D eigenvalue weighted by atomic mass is 16.5. The van der Waals surface area contributed by atoms with Crippen LogP contribution in [0.5, 0.6) is 0 Å². The summed E-state index contributed by atoms with van der Waals surface area (Å²) in [5, 5.41) is 9.22. The van der Waals surface area contributed by atoms with E-state index in [0.29, 0.717) is 13.2 Å². The smallest absolute Gasteiger partial charge is 0.310 e. The molecule has 1 aliphatic rings. The van der Waals surface area contributed by atoms with E-state index in [1.54, 1.807) is 0 Å². The number of rotatable bonds is 7. The van der Waals surface area contributed by atoms with Crippen LogP contribution in [-0.2, 0) is 16.0 Å². The monoisotopic (exact) mass is 277 g/mol. The van der Waals surface area contributed by atoms with Gasteiger partial charge < -0.3 is 9.84 Å². The molecule has 0 bridgehead atoms. The van der Waals surface area contributed by atoms with Crippen molar-refractivity contribution in [1.82, 2.24) is 4.90 Å². The average molecular weight is 277 g/mol. The van der Waals surface area contributed by atoms with Gasteiger partial charge in [-0.1, -0.05) is 37.3 Å². The minimum atomic E-state index is -0.742. The molecule has 1 heterocycles. The van der Waals surface area contributed by atoms with E-state index in [1.807, 2.05) is 6.07 Å². The van der Waals surface area contributed by atoms with Gasteiger partial charge in [-0.3, -0.25) is 9.69 Å². The van der Waals surface area contributed by atoms with Crippen LogP contribution in [0, 0.1) is 5.92 Å². The van der Waals surface area contributed by atoms with Crippen LogP contribution in [0.3, 0.4) is 0 Å². The number of likely N-dealkylation sites (N-methyl/N-ethyl adjacent to an activating group) is 1. The first kappa shape index (κ1) is 15.0. The van der Waals surface area contributed by atoms with Crippen LogP contribution >= 0.6 is 0 Å². The Bertz CT molecular complexity index is 421. The van der Waals surface area contributed by atoms with E-state index in [1.165, 1.54) is 5.56 Å². The van der Waals surface area contributed by atoms with Crippen molar-refractivity contribution in [3.05, 3.63) is 35.9 Å². The Morgan fingerprint density at radius 2 is 2.10 bits per heavy atom. The first-order chi connectivity index (χ1) is 9.72. The lowest BCUT2D eigenvalue weighted by molar-refractivity contribution is -0.143.